The van der Waals surface area contributed by atoms with Crippen LogP contribution >= 0.6 is 0 Å². The van der Waals surface area contributed by atoms with Crippen molar-refractivity contribution < 1.29 is 23.5 Å². The van der Waals surface area contributed by atoms with E-state index in [-0.39, 0.29) is 18.5 Å². The number of hydrogen-bond donors (Lipinski definition) is 1. The van der Waals surface area contributed by atoms with Crippen molar-refractivity contribution >= 4 is 11.9 Å². The summed E-state index contributed by atoms with van der Waals surface area (Å²) in [7, 11) is 0. The molecular formula is C13H15F2NO3. The van der Waals surface area contributed by atoms with Gasteiger partial charge in [-0.15, -0.1) is 0 Å². The van der Waals surface area contributed by atoms with Gasteiger partial charge in [0.05, 0.1) is 12.8 Å². The number of rotatable bonds is 6. The lowest BCUT2D eigenvalue weighted by Crippen LogP contribution is -2.34. The fourth-order valence-corrected chi connectivity index (χ4v) is 1.65. The summed E-state index contributed by atoms with van der Waals surface area (Å²) in [6.07, 6.45) is -0.606. The number of aliphatic carboxylic acids is 1. The SMILES string of the molecule is CCN(CCC(=O)O)C(=O)Cc1c(F)cccc1F. The van der Waals surface area contributed by atoms with Gasteiger partial charge in [-0.2, -0.15) is 0 Å². The van der Waals surface area contributed by atoms with Crippen LogP contribution in [0.3, 0.4) is 0 Å². The van der Waals surface area contributed by atoms with Crippen LogP contribution in [0.5, 0.6) is 0 Å². The highest BCUT2D eigenvalue weighted by Crippen LogP contribution is 2.13. The van der Waals surface area contributed by atoms with Gasteiger partial charge in [-0.25, -0.2) is 8.78 Å². The Kier molecular flexibility index (Phi) is 5.41. The number of carbonyl (C=O) groups excluding carboxylic acids is 1. The molecule has 19 heavy (non-hydrogen) atoms. The molecule has 0 fully saturated rings. The molecule has 0 bridgehead atoms. The van der Waals surface area contributed by atoms with E-state index in [0.717, 1.165) is 12.1 Å². The number of likely N-dealkylation sites (N-methyl/N-ethyl adjacent to an activating group) is 1. The molecule has 0 atom stereocenters. The monoisotopic (exact) mass is 271 g/mol. The third kappa shape index (κ3) is 4.31. The summed E-state index contributed by atoms with van der Waals surface area (Å²) in [6.45, 7) is 2.00. The summed E-state index contributed by atoms with van der Waals surface area (Å²) in [6, 6.07) is 3.39. The van der Waals surface area contributed by atoms with Crippen molar-refractivity contribution in [3.05, 3.63) is 35.4 Å². The molecule has 0 radical (unpaired) electrons. The van der Waals surface area contributed by atoms with Crippen LogP contribution in [0.4, 0.5) is 8.78 Å². The van der Waals surface area contributed by atoms with Crippen LogP contribution in [0.1, 0.15) is 18.9 Å². The topological polar surface area (TPSA) is 57.6 Å². The molecule has 6 heteroatoms. The van der Waals surface area contributed by atoms with E-state index in [9.17, 15) is 18.4 Å². The van der Waals surface area contributed by atoms with Gasteiger partial charge in [-0.1, -0.05) is 6.07 Å². The van der Waals surface area contributed by atoms with Gasteiger partial charge in [0, 0.05) is 18.7 Å². The molecule has 1 aromatic rings. The normalized spacial score (nSPS) is 10.3. The van der Waals surface area contributed by atoms with Gasteiger partial charge in [-0.05, 0) is 19.1 Å². The van der Waals surface area contributed by atoms with Gasteiger partial charge in [0.15, 0.2) is 0 Å². The average Bonchev–Trinajstić information content (AvgIpc) is 2.34. The molecule has 1 N–H and O–H groups in total. The number of carboxylic acids is 1. The van der Waals surface area contributed by atoms with Crippen LogP contribution in [0.2, 0.25) is 0 Å². The number of hydrogen-bond acceptors (Lipinski definition) is 2. The second-order valence-electron chi connectivity index (χ2n) is 3.99. The molecule has 0 aliphatic heterocycles. The Balaban J connectivity index is 2.74. The van der Waals surface area contributed by atoms with E-state index in [4.69, 9.17) is 5.11 Å². The minimum Gasteiger partial charge on any atom is -0.481 e. The highest BCUT2D eigenvalue weighted by atomic mass is 19.1. The van der Waals surface area contributed by atoms with Crippen molar-refractivity contribution in [3.8, 4) is 0 Å². The Labute approximate surface area is 109 Å². The number of nitrogens with zero attached hydrogens (tertiary/aromatic N) is 1. The van der Waals surface area contributed by atoms with E-state index < -0.39 is 29.9 Å². The van der Waals surface area contributed by atoms with Crippen molar-refractivity contribution in [1.29, 1.82) is 0 Å². The Bertz CT molecular complexity index is 457. The lowest BCUT2D eigenvalue weighted by Gasteiger charge is -2.20. The highest BCUT2D eigenvalue weighted by Gasteiger charge is 2.18. The van der Waals surface area contributed by atoms with Crippen LogP contribution in [-0.2, 0) is 16.0 Å². The van der Waals surface area contributed by atoms with Gasteiger partial charge in [-0.3, -0.25) is 9.59 Å². The van der Waals surface area contributed by atoms with E-state index in [2.05, 4.69) is 0 Å². The summed E-state index contributed by atoms with van der Waals surface area (Å²) in [4.78, 5) is 23.6. The number of halogens is 2. The van der Waals surface area contributed by atoms with Gasteiger partial charge >= 0.3 is 5.97 Å². The molecule has 0 spiro atoms. The van der Waals surface area contributed by atoms with Crippen molar-refractivity contribution in [1.82, 2.24) is 4.90 Å². The molecule has 0 saturated carbocycles. The van der Waals surface area contributed by atoms with Crippen molar-refractivity contribution in [3.63, 3.8) is 0 Å². The first kappa shape index (κ1) is 15.1. The molecular weight excluding hydrogens is 256 g/mol. The molecule has 0 aliphatic carbocycles. The predicted octanol–water partition coefficient (Wildman–Crippen LogP) is 1.83. The first-order valence-electron chi connectivity index (χ1n) is 5.88. The summed E-state index contributed by atoms with van der Waals surface area (Å²) < 4.78 is 26.8. The second kappa shape index (κ2) is 6.82. The lowest BCUT2D eigenvalue weighted by molar-refractivity contribution is -0.138. The molecule has 0 saturated heterocycles. The minimum atomic E-state index is -1.02. The maximum atomic E-state index is 13.4. The van der Waals surface area contributed by atoms with Crippen molar-refractivity contribution in [2.75, 3.05) is 13.1 Å². The van der Waals surface area contributed by atoms with Gasteiger partial charge in [0.25, 0.3) is 0 Å². The number of carbonyl (C=O) groups is 2. The number of benzene rings is 1. The molecule has 0 unspecified atom stereocenters. The molecule has 4 nitrogen and oxygen atoms in total. The number of amides is 1. The van der Waals surface area contributed by atoms with Crippen LogP contribution in [0.15, 0.2) is 18.2 Å². The van der Waals surface area contributed by atoms with Crippen LogP contribution < -0.4 is 0 Å². The third-order valence-electron chi connectivity index (χ3n) is 2.72. The molecule has 1 rings (SSSR count). The van der Waals surface area contributed by atoms with Crippen molar-refractivity contribution in [2.45, 2.75) is 19.8 Å². The molecule has 0 heterocycles. The highest BCUT2D eigenvalue weighted by molar-refractivity contribution is 5.79. The Morgan fingerprint density at radius 2 is 1.84 bits per heavy atom. The van der Waals surface area contributed by atoms with E-state index in [1.54, 1.807) is 6.92 Å². The van der Waals surface area contributed by atoms with Crippen LogP contribution in [-0.4, -0.2) is 35.0 Å². The molecule has 104 valence electrons. The first-order valence-corrected chi connectivity index (χ1v) is 5.88. The predicted molar refractivity (Wildman–Crippen MR) is 64.6 cm³/mol. The summed E-state index contributed by atoms with van der Waals surface area (Å²) >= 11 is 0. The van der Waals surface area contributed by atoms with E-state index in [1.807, 2.05) is 0 Å². The third-order valence-corrected chi connectivity index (χ3v) is 2.72. The summed E-state index contributed by atoms with van der Waals surface area (Å²) in [5, 5.41) is 8.56. The fourth-order valence-electron chi connectivity index (χ4n) is 1.65. The van der Waals surface area contributed by atoms with Gasteiger partial charge in [0.1, 0.15) is 11.6 Å². The molecule has 1 aromatic carbocycles. The second-order valence-corrected chi connectivity index (χ2v) is 3.99. The maximum absolute atomic E-state index is 13.4. The number of carboxylic acid groups (broad SMARTS) is 1. The Hall–Kier alpha value is -1.98. The quantitative estimate of drug-likeness (QED) is 0.858. The largest absolute Gasteiger partial charge is 0.481 e. The fraction of sp³-hybridized carbons (Fsp3) is 0.385. The van der Waals surface area contributed by atoms with Crippen LogP contribution in [0.25, 0.3) is 0 Å². The average molecular weight is 271 g/mol. The van der Waals surface area contributed by atoms with E-state index >= 15 is 0 Å². The minimum absolute atomic E-state index is 0.0285. The van der Waals surface area contributed by atoms with Gasteiger partial charge in [0.2, 0.25) is 5.91 Å². The molecule has 0 aromatic heterocycles. The van der Waals surface area contributed by atoms with E-state index in [0.29, 0.717) is 6.54 Å². The lowest BCUT2D eigenvalue weighted by atomic mass is 10.1. The molecule has 0 aliphatic rings. The summed E-state index contributed by atoms with van der Waals surface area (Å²) in [5.41, 5.74) is -0.290. The van der Waals surface area contributed by atoms with Gasteiger partial charge < -0.3 is 10.0 Å². The van der Waals surface area contributed by atoms with Crippen LogP contribution in [0, 0.1) is 11.6 Å². The Morgan fingerprint density at radius 3 is 2.32 bits per heavy atom. The van der Waals surface area contributed by atoms with Crippen molar-refractivity contribution in [2.24, 2.45) is 0 Å². The first-order chi connectivity index (χ1) is 8.95. The van der Waals surface area contributed by atoms with E-state index in [1.165, 1.54) is 11.0 Å². The zero-order valence-electron chi connectivity index (χ0n) is 10.5. The smallest absolute Gasteiger partial charge is 0.305 e. The standard InChI is InChI=1S/C13H15F2NO3/c1-2-16(7-6-13(18)19)12(17)8-9-10(14)4-3-5-11(9)15/h3-5H,2,6-8H2,1H3,(H,18,19). The Morgan fingerprint density at radius 1 is 1.26 bits per heavy atom. The molecule has 1 amide bonds. The maximum Gasteiger partial charge on any atom is 0.305 e. The zero-order chi connectivity index (χ0) is 14.4. The summed E-state index contributed by atoms with van der Waals surface area (Å²) in [5.74, 6) is -3.07. The zero-order valence-corrected chi connectivity index (χ0v) is 10.5.